The molecule has 0 spiro atoms. The van der Waals surface area contributed by atoms with Crippen LogP contribution in [0.5, 0.6) is 0 Å². The number of aryl methyl sites for hydroxylation is 2. The molecule has 0 bridgehead atoms. The van der Waals surface area contributed by atoms with Crippen molar-refractivity contribution in [2.45, 2.75) is 45.6 Å². The van der Waals surface area contributed by atoms with Gasteiger partial charge < -0.3 is 4.74 Å². The van der Waals surface area contributed by atoms with Crippen LogP contribution in [0.3, 0.4) is 0 Å². The van der Waals surface area contributed by atoms with Gasteiger partial charge in [-0.15, -0.1) is 0 Å². The molecule has 0 heterocycles. The molecule has 0 aromatic heterocycles. The number of carbonyl (C=O) groups excluding carboxylic acids is 1. The van der Waals surface area contributed by atoms with Gasteiger partial charge >= 0.3 is 5.97 Å². The van der Waals surface area contributed by atoms with E-state index in [-0.39, 0.29) is 29.4 Å². The normalized spacial score (nSPS) is 11.3. The van der Waals surface area contributed by atoms with Gasteiger partial charge in [-0.05, 0) is 73.7 Å². The van der Waals surface area contributed by atoms with Crippen LogP contribution in [-0.4, -0.2) is 21.5 Å². The summed E-state index contributed by atoms with van der Waals surface area (Å²) < 4.78 is 48.5. The molecule has 0 saturated carbocycles. The highest BCUT2D eigenvalue weighted by atomic mass is 32.2. The van der Waals surface area contributed by atoms with Crippen LogP contribution in [0.15, 0.2) is 59.5 Å². The van der Waals surface area contributed by atoms with E-state index in [0.29, 0.717) is 22.4 Å². The molecule has 0 radical (unpaired) electrons. The number of benzene rings is 3. The van der Waals surface area contributed by atoms with Crippen molar-refractivity contribution in [1.82, 2.24) is 0 Å². The number of nitrogens with zero attached hydrogens (tertiary/aromatic N) is 1. The third kappa shape index (κ3) is 5.09. The Morgan fingerprint density at radius 1 is 0.939 bits per heavy atom. The van der Waals surface area contributed by atoms with E-state index in [1.807, 2.05) is 19.9 Å². The van der Waals surface area contributed by atoms with Gasteiger partial charge in [-0.25, -0.2) is 12.8 Å². The number of sulfonamides is 1. The lowest BCUT2D eigenvalue weighted by atomic mass is 10.0. The fourth-order valence-electron chi connectivity index (χ4n) is 3.79. The third-order valence-corrected chi connectivity index (χ3v) is 7.97. The summed E-state index contributed by atoms with van der Waals surface area (Å²) in [5, 5.41) is 0. The van der Waals surface area contributed by atoms with Crippen molar-refractivity contribution in [1.29, 1.82) is 0 Å². The zero-order valence-corrected chi connectivity index (χ0v) is 20.3. The SMILES string of the molecule is COC(=O)Cc1ccc(N(Cc2ccccc2F)S(=O)(=O)c2c(C)c(C)cc(C)c2C)cc1. The Labute approximate surface area is 194 Å². The number of hydrogen-bond acceptors (Lipinski definition) is 4. The number of hydrogen-bond donors (Lipinski definition) is 0. The quantitative estimate of drug-likeness (QED) is 0.448. The molecule has 174 valence electrons. The summed E-state index contributed by atoms with van der Waals surface area (Å²) >= 11 is 0. The lowest BCUT2D eigenvalue weighted by Crippen LogP contribution is -2.32. The standard InChI is InChI=1S/C26H28FNO4S/c1-17-14-18(2)20(4)26(19(17)3)33(30,31)28(16-22-8-6-7-9-24(22)27)23-12-10-21(11-13-23)15-25(29)32-5/h6-14H,15-16H2,1-5H3. The van der Waals surface area contributed by atoms with Crippen LogP contribution >= 0.6 is 0 Å². The minimum absolute atomic E-state index is 0.0755. The Balaban J connectivity index is 2.16. The lowest BCUT2D eigenvalue weighted by molar-refractivity contribution is -0.139. The summed E-state index contributed by atoms with van der Waals surface area (Å²) in [7, 11) is -2.73. The zero-order chi connectivity index (χ0) is 24.3. The summed E-state index contributed by atoms with van der Waals surface area (Å²) in [6.07, 6.45) is 0.0755. The predicted molar refractivity (Wildman–Crippen MR) is 127 cm³/mol. The van der Waals surface area contributed by atoms with E-state index in [2.05, 4.69) is 0 Å². The van der Waals surface area contributed by atoms with Gasteiger partial charge in [0.05, 0.1) is 30.7 Å². The number of carbonyl (C=O) groups is 1. The molecule has 0 aliphatic heterocycles. The van der Waals surface area contributed by atoms with E-state index in [0.717, 1.165) is 11.1 Å². The van der Waals surface area contributed by atoms with Crippen LogP contribution in [0.2, 0.25) is 0 Å². The van der Waals surface area contributed by atoms with Crippen molar-refractivity contribution >= 4 is 21.7 Å². The van der Waals surface area contributed by atoms with Gasteiger partial charge in [0.2, 0.25) is 0 Å². The molecule has 3 aromatic rings. The minimum atomic E-state index is -4.04. The van der Waals surface area contributed by atoms with E-state index >= 15 is 0 Å². The molecule has 0 amide bonds. The molecular weight excluding hydrogens is 441 g/mol. The first-order valence-electron chi connectivity index (χ1n) is 10.6. The first kappa shape index (κ1) is 24.5. The zero-order valence-electron chi connectivity index (χ0n) is 19.5. The van der Waals surface area contributed by atoms with Gasteiger partial charge in [-0.2, -0.15) is 0 Å². The fraction of sp³-hybridized carbons (Fsp3) is 0.269. The topological polar surface area (TPSA) is 63.7 Å². The predicted octanol–water partition coefficient (Wildman–Crippen LogP) is 5.17. The smallest absolute Gasteiger partial charge is 0.309 e. The Morgan fingerprint density at radius 3 is 2.06 bits per heavy atom. The van der Waals surface area contributed by atoms with Crippen molar-refractivity contribution in [3.8, 4) is 0 Å². The van der Waals surface area contributed by atoms with Gasteiger partial charge in [-0.1, -0.05) is 36.4 Å². The van der Waals surface area contributed by atoms with Crippen molar-refractivity contribution in [2.24, 2.45) is 0 Å². The molecule has 0 unspecified atom stereocenters. The summed E-state index contributed by atoms with van der Waals surface area (Å²) in [6, 6.07) is 14.7. The van der Waals surface area contributed by atoms with E-state index in [1.54, 1.807) is 56.3 Å². The van der Waals surface area contributed by atoms with E-state index in [4.69, 9.17) is 4.74 Å². The van der Waals surface area contributed by atoms with Crippen LogP contribution in [-0.2, 0) is 32.5 Å². The average Bonchev–Trinajstić information content (AvgIpc) is 2.77. The maximum Gasteiger partial charge on any atom is 0.309 e. The Hall–Kier alpha value is -3.19. The molecule has 33 heavy (non-hydrogen) atoms. The number of halogens is 1. The fourth-order valence-corrected chi connectivity index (χ4v) is 5.82. The first-order chi connectivity index (χ1) is 15.6. The van der Waals surface area contributed by atoms with E-state index in [9.17, 15) is 17.6 Å². The van der Waals surface area contributed by atoms with Crippen LogP contribution < -0.4 is 4.31 Å². The second kappa shape index (κ2) is 9.75. The van der Waals surface area contributed by atoms with Crippen molar-refractivity contribution in [3.63, 3.8) is 0 Å². The molecule has 0 saturated heterocycles. The lowest BCUT2D eigenvalue weighted by Gasteiger charge is -2.27. The molecule has 3 aromatic carbocycles. The molecule has 7 heteroatoms. The Morgan fingerprint density at radius 2 is 1.52 bits per heavy atom. The maximum absolute atomic E-state index is 14.5. The van der Waals surface area contributed by atoms with Gasteiger partial charge in [0.25, 0.3) is 10.0 Å². The first-order valence-corrected chi connectivity index (χ1v) is 12.0. The number of esters is 1. The summed E-state index contributed by atoms with van der Waals surface area (Å²) in [6.45, 7) is 7.16. The monoisotopic (exact) mass is 469 g/mol. The van der Waals surface area contributed by atoms with Crippen LogP contribution in [0.4, 0.5) is 10.1 Å². The average molecular weight is 470 g/mol. The number of ether oxygens (including phenoxy) is 1. The highest BCUT2D eigenvalue weighted by Gasteiger charge is 2.30. The largest absolute Gasteiger partial charge is 0.469 e. The second-order valence-electron chi connectivity index (χ2n) is 8.11. The van der Waals surface area contributed by atoms with Gasteiger partial charge in [0, 0.05) is 5.56 Å². The van der Waals surface area contributed by atoms with Crippen molar-refractivity contribution in [2.75, 3.05) is 11.4 Å². The number of rotatable bonds is 7. The van der Waals surface area contributed by atoms with Crippen molar-refractivity contribution in [3.05, 3.63) is 93.8 Å². The van der Waals surface area contributed by atoms with Crippen molar-refractivity contribution < 1.29 is 22.3 Å². The Kier molecular flexibility index (Phi) is 7.22. The van der Waals surface area contributed by atoms with Gasteiger partial charge in [0.15, 0.2) is 0 Å². The molecule has 3 rings (SSSR count). The van der Waals surface area contributed by atoms with Gasteiger partial charge in [-0.3, -0.25) is 9.10 Å². The molecular formula is C26H28FNO4S. The van der Waals surface area contributed by atoms with Crippen LogP contribution in [0.1, 0.15) is 33.4 Å². The van der Waals surface area contributed by atoms with Crippen LogP contribution in [0.25, 0.3) is 0 Å². The van der Waals surface area contributed by atoms with E-state index in [1.165, 1.54) is 17.5 Å². The Bertz CT molecular complexity index is 1260. The number of methoxy groups -OCH3 is 1. The van der Waals surface area contributed by atoms with Crippen LogP contribution in [0, 0.1) is 33.5 Å². The van der Waals surface area contributed by atoms with Gasteiger partial charge in [0.1, 0.15) is 5.82 Å². The highest BCUT2D eigenvalue weighted by Crippen LogP contribution is 2.33. The minimum Gasteiger partial charge on any atom is -0.469 e. The molecule has 0 aliphatic carbocycles. The summed E-state index contributed by atoms with van der Waals surface area (Å²) in [5.74, 6) is -0.867. The summed E-state index contributed by atoms with van der Waals surface area (Å²) in [4.78, 5) is 11.8. The molecule has 5 nitrogen and oxygen atoms in total. The maximum atomic E-state index is 14.5. The summed E-state index contributed by atoms with van der Waals surface area (Å²) in [5.41, 5.74) is 4.40. The third-order valence-electron chi connectivity index (χ3n) is 5.92. The molecule has 0 N–H and O–H groups in total. The molecule has 0 atom stereocenters. The highest BCUT2D eigenvalue weighted by molar-refractivity contribution is 7.93. The second-order valence-corrected chi connectivity index (χ2v) is 9.91. The molecule has 0 fully saturated rings. The molecule has 0 aliphatic rings. The number of anilines is 1. The van der Waals surface area contributed by atoms with E-state index < -0.39 is 15.8 Å².